The Balaban J connectivity index is 0.000000218. The second kappa shape index (κ2) is 5.41. The average Bonchev–Trinajstić information content (AvgIpc) is 2.35. The van der Waals surface area contributed by atoms with Crippen molar-refractivity contribution in [2.24, 2.45) is 0 Å². The molecule has 0 atom stereocenters. The van der Waals surface area contributed by atoms with E-state index in [9.17, 15) is 9.59 Å². The fourth-order valence-corrected chi connectivity index (χ4v) is 0.303. The third kappa shape index (κ3) is 5.08. The largest absolute Gasteiger partial charge is 0.387 e. The van der Waals surface area contributed by atoms with E-state index in [4.69, 9.17) is 0 Å². The van der Waals surface area contributed by atoms with Crippen LogP contribution in [0, 0.1) is 0 Å². The molecule has 0 bridgehead atoms. The van der Waals surface area contributed by atoms with Crippen molar-refractivity contribution >= 4 is 11.9 Å². The first-order valence-corrected chi connectivity index (χ1v) is 3.25. The van der Waals surface area contributed by atoms with Gasteiger partial charge in [0.1, 0.15) is 0 Å². The minimum Gasteiger partial charge on any atom is -0.387 e. The van der Waals surface area contributed by atoms with E-state index in [2.05, 4.69) is 18.2 Å². The molecule has 0 aromatic rings. The standard InChI is InChI=1S/C4H2O3.C4H8/c5-3-1-2-4(6)7-3;1-3-4-2/h1-2H;3H,1,4H2,2H3. The van der Waals surface area contributed by atoms with Crippen LogP contribution in [0.25, 0.3) is 0 Å². The van der Waals surface area contributed by atoms with E-state index in [1.165, 1.54) is 0 Å². The molecule has 0 saturated heterocycles. The monoisotopic (exact) mass is 154 g/mol. The lowest BCUT2D eigenvalue weighted by molar-refractivity contribution is -0.150. The van der Waals surface area contributed by atoms with Crippen molar-refractivity contribution in [1.29, 1.82) is 0 Å². The summed E-state index contributed by atoms with van der Waals surface area (Å²) in [6, 6.07) is 0. The highest BCUT2D eigenvalue weighted by Crippen LogP contribution is 1.92. The molecule has 60 valence electrons. The molecule has 11 heavy (non-hydrogen) atoms. The van der Waals surface area contributed by atoms with Crippen molar-refractivity contribution in [2.75, 3.05) is 0 Å². The molecule has 1 aliphatic rings. The summed E-state index contributed by atoms with van der Waals surface area (Å²) in [5.74, 6) is -1.16. The number of hydrogen-bond acceptors (Lipinski definition) is 3. The van der Waals surface area contributed by atoms with Crippen LogP contribution in [0.2, 0.25) is 0 Å². The predicted octanol–water partition coefficient (Wildman–Crippen LogP) is 1.21. The SMILES string of the molecule is C=CCC.O=C1C=CC(=O)O1. The Hall–Kier alpha value is -1.38. The molecule has 0 saturated carbocycles. The molecule has 0 amide bonds. The van der Waals surface area contributed by atoms with E-state index in [-0.39, 0.29) is 0 Å². The quantitative estimate of drug-likeness (QED) is 0.324. The van der Waals surface area contributed by atoms with Gasteiger partial charge in [-0.15, -0.1) is 6.58 Å². The van der Waals surface area contributed by atoms with Gasteiger partial charge in [0.25, 0.3) is 0 Å². The number of carbonyl (C=O) groups excluding carboxylic acids is 2. The van der Waals surface area contributed by atoms with Crippen molar-refractivity contribution in [3.63, 3.8) is 0 Å². The zero-order chi connectivity index (χ0) is 8.69. The van der Waals surface area contributed by atoms with Crippen LogP contribution in [0.4, 0.5) is 0 Å². The van der Waals surface area contributed by atoms with Gasteiger partial charge in [0.05, 0.1) is 0 Å². The molecule has 0 N–H and O–H groups in total. The molecule has 3 nitrogen and oxygen atoms in total. The minimum atomic E-state index is -0.579. The number of carbonyl (C=O) groups is 2. The highest BCUT2D eigenvalue weighted by atomic mass is 16.6. The zero-order valence-corrected chi connectivity index (χ0v) is 6.37. The van der Waals surface area contributed by atoms with Crippen molar-refractivity contribution < 1.29 is 14.3 Å². The number of rotatable bonds is 1. The van der Waals surface area contributed by atoms with Gasteiger partial charge >= 0.3 is 11.9 Å². The summed E-state index contributed by atoms with van der Waals surface area (Å²) in [5.41, 5.74) is 0. The number of cyclic esters (lactones) is 2. The first-order valence-electron chi connectivity index (χ1n) is 3.25. The van der Waals surface area contributed by atoms with Crippen molar-refractivity contribution in [2.45, 2.75) is 13.3 Å². The number of allylic oxidation sites excluding steroid dienone is 1. The van der Waals surface area contributed by atoms with E-state index in [1.807, 2.05) is 6.08 Å². The first kappa shape index (κ1) is 9.62. The van der Waals surface area contributed by atoms with Gasteiger partial charge in [0.15, 0.2) is 0 Å². The Labute approximate surface area is 65.4 Å². The van der Waals surface area contributed by atoms with Crippen LogP contribution in [-0.2, 0) is 14.3 Å². The van der Waals surface area contributed by atoms with Gasteiger partial charge < -0.3 is 4.74 Å². The second-order valence-electron chi connectivity index (χ2n) is 1.77. The summed E-state index contributed by atoms with van der Waals surface area (Å²) < 4.78 is 3.97. The van der Waals surface area contributed by atoms with Crippen molar-refractivity contribution in [3.05, 3.63) is 24.8 Å². The van der Waals surface area contributed by atoms with Crippen LogP contribution in [-0.4, -0.2) is 11.9 Å². The molecule has 3 heteroatoms. The summed E-state index contributed by atoms with van der Waals surface area (Å²) in [4.78, 5) is 19.8. The molecule has 1 rings (SSSR count). The van der Waals surface area contributed by atoms with Crippen LogP contribution < -0.4 is 0 Å². The van der Waals surface area contributed by atoms with Crippen LogP contribution >= 0.6 is 0 Å². The fourth-order valence-electron chi connectivity index (χ4n) is 0.303. The molecule has 0 aromatic carbocycles. The van der Waals surface area contributed by atoms with Crippen LogP contribution in [0.5, 0.6) is 0 Å². The van der Waals surface area contributed by atoms with E-state index < -0.39 is 11.9 Å². The van der Waals surface area contributed by atoms with Gasteiger partial charge in [-0.1, -0.05) is 13.0 Å². The zero-order valence-electron chi connectivity index (χ0n) is 6.37. The molecule has 1 heterocycles. The molecule has 0 spiro atoms. The Morgan fingerprint density at radius 2 is 1.82 bits per heavy atom. The van der Waals surface area contributed by atoms with E-state index >= 15 is 0 Å². The Morgan fingerprint density at radius 3 is 1.91 bits per heavy atom. The Kier molecular flexibility index (Phi) is 4.73. The number of hydrogen-bond donors (Lipinski definition) is 0. The maximum Gasteiger partial charge on any atom is 0.338 e. The fraction of sp³-hybridized carbons (Fsp3) is 0.250. The summed E-state index contributed by atoms with van der Waals surface area (Å²) in [6.07, 6.45) is 5.13. The Morgan fingerprint density at radius 1 is 1.45 bits per heavy atom. The van der Waals surface area contributed by atoms with Crippen LogP contribution in [0.1, 0.15) is 13.3 Å². The summed E-state index contributed by atoms with van der Waals surface area (Å²) in [6.45, 7) is 5.54. The topological polar surface area (TPSA) is 43.4 Å². The molecular formula is C8H10O3. The third-order valence-electron chi connectivity index (χ3n) is 0.845. The maximum atomic E-state index is 9.92. The normalized spacial score (nSPS) is 13.5. The van der Waals surface area contributed by atoms with Crippen LogP contribution in [0.3, 0.4) is 0 Å². The van der Waals surface area contributed by atoms with Gasteiger partial charge in [-0.2, -0.15) is 0 Å². The molecule has 0 aromatic heterocycles. The first-order chi connectivity index (χ1) is 5.20. The molecule has 0 unspecified atom stereocenters. The lowest BCUT2D eigenvalue weighted by Gasteiger charge is -1.80. The molecule has 1 aliphatic heterocycles. The van der Waals surface area contributed by atoms with Crippen molar-refractivity contribution in [1.82, 2.24) is 0 Å². The number of esters is 2. The summed E-state index contributed by atoms with van der Waals surface area (Å²) >= 11 is 0. The van der Waals surface area contributed by atoms with Gasteiger partial charge in [0, 0.05) is 12.2 Å². The summed E-state index contributed by atoms with van der Waals surface area (Å²) in [5, 5.41) is 0. The smallest absolute Gasteiger partial charge is 0.338 e. The highest BCUT2D eigenvalue weighted by molar-refractivity contribution is 6.04. The van der Waals surface area contributed by atoms with Crippen LogP contribution in [0.15, 0.2) is 24.8 Å². The van der Waals surface area contributed by atoms with Gasteiger partial charge in [-0.3, -0.25) is 0 Å². The Bertz CT molecular complexity index is 176. The van der Waals surface area contributed by atoms with Gasteiger partial charge in [-0.05, 0) is 6.42 Å². The van der Waals surface area contributed by atoms with E-state index in [0.29, 0.717) is 0 Å². The second-order valence-corrected chi connectivity index (χ2v) is 1.77. The highest BCUT2D eigenvalue weighted by Gasteiger charge is 2.10. The molecule has 0 fully saturated rings. The lowest BCUT2D eigenvalue weighted by Crippen LogP contribution is -1.96. The van der Waals surface area contributed by atoms with Gasteiger partial charge in [0.2, 0.25) is 0 Å². The van der Waals surface area contributed by atoms with Crippen molar-refractivity contribution in [3.8, 4) is 0 Å². The predicted molar refractivity (Wildman–Crippen MR) is 40.7 cm³/mol. The average molecular weight is 154 g/mol. The summed E-state index contributed by atoms with van der Waals surface area (Å²) in [7, 11) is 0. The van der Waals surface area contributed by atoms with Gasteiger partial charge in [-0.25, -0.2) is 9.59 Å². The minimum absolute atomic E-state index is 0.579. The van der Waals surface area contributed by atoms with E-state index in [0.717, 1.165) is 18.6 Å². The molecular weight excluding hydrogens is 144 g/mol. The number of ether oxygens (including phenoxy) is 1. The van der Waals surface area contributed by atoms with E-state index in [1.54, 1.807) is 0 Å². The third-order valence-corrected chi connectivity index (χ3v) is 0.845. The maximum absolute atomic E-state index is 9.92. The molecule has 0 aliphatic carbocycles. The molecule has 0 radical (unpaired) electrons. The lowest BCUT2D eigenvalue weighted by atomic mass is 10.5.